The van der Waals surface area contributed by atoms with E-state index in [9.17, 15) is 8.42 Å². The number of aryl methyl sites for hydroxylation is 1. The number of hydrogen-bond acceptors (Lipinski definition) is 3. The monoisotopic (exact) mass is 257 g/mol. The van der Waals surface area contributed by atoms with Crippen LogP contribution in [-0.2, 0) is 16.6 Å². The Labute approximate surface area is 102 Å². The van der Waals surface area contributed by atoms with Gasteiger partial charge >= 0.3 is 0 Å². The Hall–Kier alpha value is -0.880. The summed E-state index contributed by atoms with van der Waals surface area (Å²) in [5.41, 5.74) is 0. The number of primary sulfonamides is 1. The smallest absolute Gasteiger partial charge is 0.257 e. The van der Waals surface area contributed by atoms with Crippen molar-refractivity contribution in [3.63, 3.8) is 0 Å². The second-order valence-corrected chi connectivity index (χ2v) is 6.34. The van der Waals surface area contributed by atoms with Gasteiger partial charge in [0.1, 0.15) is 5.82 Å². The van der Waals surface area contributed by atoms with Gasteiger partial charge in [0.05, 0.1) is 0 Å². The average Bonchev–Trinajstić information content (AvgIpc) is 2.62. The molecule has 2 rings (SSSR count). The van der Waals surface area contributed by atoms with Crippen LogP contribution in [0.2, 0.25) is 0 Å². The summed E-state index contributed by atoms with van der Waals surface area (Å²) in [6.07, 6.45) is 7.88. The molecule has 0 saturated heterocycles. The fraction of sp³-hybridized carbons (Fsp3) is 0.727. The summed E-state index contributed by atoms with van der Waals surface area (Å²) < 4.78 is 24.3. The van der Waals surface area contributed by atoms with Crippen LogP contribution in [0.4, 0.5) is 0 Å². The summed E-state index contributed by atoms with van der Waals surface area (Å²) in [5.74, 6) is 1.37. The molecule has 2 N–H and O–H groups in total. The van der Waals surface area contributed by atoms with Crippen LogP contribution in [0.25, 0.3) is 0 Å². The average molecular weight is 257 g/mol. The lowest BCUT2D eigenvalue weighted by atomic mass is 9.89. The molecule has 0 amide bonds. The lowest BCUT2D eigenvalue weighted by Gasteiger charge is -2.22. The van der Waals surface area contributed by atoms with E-state index in [1.165, 1.54) is 32.1 Å². The van der Waals surface area contributed by atoms with Crippen LogP contribution in [-0.4, -0.2) is 18.0 Å². The van der Waals surface area contributed by atoms with Crippen LogP contribution in [0.5, 0.6) is 0 Å². The van der Waals surface area contributed by atoms with Gasteiger partial charge in [-0.2, -0.15) is 0 Å². The van der Waals surface area contributed by atoms with E-state index in [4.69, 9.17) is 5.14 Å². The minimum Gasteiger partial charge on any atom is -0.333 e. The minimum absolute atomic E-state index is 0.0224. The van der Waals surface area contributed by atoms with Crippen molar-refractivity contribution in [3.8, 4) is 0 Å². The van der Waals surface area contributed by atoms with Crippen LogP contribution in [0, 0.1) is 12.8 Å². The maximum Gasteiger partial charge on any atom is 0.257 e. The molecule has 1 aromatic heterocycles. The van der Waals surface area contributed by atoms with Crippen LogP contribution >= 0.6 is 0 Å². The summed E-state index contributed by atoms with van der Waals surface area (Å²) in [7, 11) is -3.68. The van der Waals surface area contributed by atoms with Gasteiger partial charge in [0.15, 0.2) is 5.03 Å². The van der Waals surface area contributed by atoms with Gasteiger partial charge in [-0.15, -0.1) is 0 Å². The van der Waals surface area contributed by atoms with Crippen molar-refractivity contribution in [2.45, 2.75) is 50.6 Å². The molecule has 5 nitrogen and oxygen atoms in total. The standard InChI is InChI=1S/C11H19N3O2S/c1-9-13-11(17(12,15)16)8-14(9)7-10-5-3-2-4-6-10/h8,10H,2-7H2,1H3,(H2,12,15,16). The summed E-state index contributed by atoms with van der Waals surface area (Å²) in [4.78, 5) is 4.00. The van der Waals surface area contributed by atoms with Crippen molar-refractivity contribution >= 4 is 10.0 Å². The number of rotatable bonds is 3. The Bertz CT molecular complexity index is 487. The topological polar surface area (TPSA) is 78.0 Å². The third-order valence-corrected chi connectivity index (χ3v) is 4.20. The quantitative estimate of drug-likeness (QED) is 0.889. The number of nitrogens with zero attached hydrogens (tertiary/aromatic N) is 2. The Morgan fingerprint density at radius 3 is 2.59 bits per heavy atom. The highest BCUT2D eigenvalue weighted by atomic mass is 32.2. The molecule has 1 aliphatic rings. The molecule has 0 bridgehead atoms. The fourth-order valence-electron chi connectivity index (χ4n) is 2.45. The normalized spacial score (nSPS) is 18.5. The first kappa shape index (κ1) is 12.6. The number of hydrogen-bond donors (Lipinski definition) is 1. The number of sulfonamides is 1. The lowest BCUT2D eigenvalue weighted by molar-refractivity contribution is 0.317. The molecule has 1 aromatic rings. The molecule has 0 aromatic carbocycles. The van der Waals surface area contributed by atoms with Gasteiger partial charge in [-0.1, -0.05) is 19.3 Å². The summed E-state index contributed by atoms with van der Waals surface area (Å²) in [5, 5.41) is 5.05. The zero-order chi connectivity index (χ0) is 12.5. The molecule has 96 valence electrons. The predicted molar refractivity (Wildman–Crippen MR) is 64.9 cm³/mol. The van der Waals surface area contributed by atoms with E-state index in [1.54, 1.807) is 6.20 Å². The van der Waals surface area contributed by atoms with E-state index < -0.39 is 10.0 Å². The Kier molecular flexibility index (Phi) is 3.53. The molecule has 1 aliphatic carbocycles. The van der Waals surface area contributed by atoms with E-state index >= 15 is 0 Å². The number of imidazole rings is 1. The van der Waals surface area contributed by atoms with Crippen molar-refractivity contribution in [1.82, 2.24) is 9.55 Å². The second-order valence-electron chi connectivity index (χ2n) is 4.83. The van der Waals surface area contributed by atoms with Crippen LogP contribution in [0.15, 0.2) is 11.2 Å². The van der Waals surface area contributed by atoms with Crippen molar-refractivity contribution < 1.29 is 8.42 Å². The summed E-state index contributed by atoms with van der Waals surface area (Å²) in [6, 6.07) is 0. The third-order valence-electron chi connectivity index (χ3n) is 3.43. The van der Waals surface area contributed by atoms with E-state index in [0.29, 0.717) is 5.92 Å². The Balaban J connectivity index is 2.13. The van der Waals surface area contributed by atoms with Gasteiger partial charge < -0.3 is 4.57 Å². The number of aromatic nitrogens is 2. The van der Waals surface area contributed by atoms with Gasteiger partial charge in [0, 0.05) is 12.7 Å². The van der Waals surface area contributed by atoms with E-state index in [-0.39, 0.29) is 5.03 Å². The van der Waals surface area contributed by atoms with E-state index in [1.807, 2.05) is 11.5 Å². The maximum atomic E-state index is 11.2. The first-order valence-corrected chi connectivity index (χ1v) is 7.58. The molecule has 0 spiro atoms. The van der Waals surface area contributed by atoms with Crippen molar-refractivity contribution in [3.05, 3.63) is 12.0 Å². The highest BCUT2D eigenvalue weighted by molar-refractivity contribution is 7.89. The molecule has 1 heterocycles. The lowest BCUT2D eigenvalue weighted by Crippen LogP contribution is -2.15. The molecule has 0 unspecified atom stereocenters. The molecule has 0 radical (unpaired) electrons. The van der Waals surface area contributed by atoms with Crippen molar-refractivity contribution in [1.29, 1.82) is 0 Å². The van der Waals surface area contributed by atoms with Gasteiger partial charge in [0.25, 0.3) is 10.0 Å². The van der Waals surface area contributed by atoms with Crippen molar-refractivity contribution in [2.75, 3.05) is 0 Å². The molecule has 0 aliphatic heterocycles. The van der Waals surface area contributed by atoms with Gasteiger partial charge in [-0.25, -0.2) is 18.5 Å². The van der Waals surface area contributed by atoms with Crippen molar-refractivity contribution in [2.24, 2.45) is 11.1 Å². The molecule has 1 fully saturated rings. The highest BCUT2D eigenvalue weighted by Gasteiger charge is 2.18. The first-order valence-electron chi connectivity index (χ1n) is 6.03. The van der Waals surface area contributed by atoms with Gasteiger partial charge in [-0.05, 0) is 25.7 Å². The third kappa shape index (κ3) is 3.07. The molecule has 0 atom stereocenters. The Morgan fingerprint density at radius 2 is 2.06 bits per heavy atom. The summed E-state index contributed by atoms with van der Waals surface area (Å²) in [6.45, 7) is 2.67. The molecule has 17 heavy (non-hydrogen) atoms. The van der Waals surface area contributed by atoms with Gasteiger partial charge in [-0.3, -0.25) is 0 Å². The minimum atomic E-state index is -3.68. The Morgan fingerprint density at radius 1 is 1.41 bits per heavy atom. The molecule has 6 heteroatoms. The summed E-state index contributed by atoms with van der Waals surface area (Å²) >= 11 is 0. The second kappa shape index (κ2) is 4.78. The highest BCUT2D eigenvalue weighted by Crippen LogP contribution is 2.25. The van der Waals surface area contributed by atoms with Crippen LogP contribution in [0.1, 0.15) is 37.9 Å². The largest absolute Gasteiger partial charge is 0.333 e. The molecular formula is C11H19N3O2S. The zero-order valence-corrected chi connectivity index (χ0v) is 10.9. The zero-order valence-electron chi connectivity index (χ0n) is 10.1. The molecular weight excluding hydrogens is 238 g/mol. The number of nitrogens with two attached hydrogens (primary N) is 1. The SMILES string of the molecule is Cc1nc(S(N)(=O)=O)cn1CC1CCCCC1. The van der Waals surface area contributed by atoms with E-state index in [2.05, 4.69) is 4.98 Å². The fourth-order valence-corrected chi connectivity index (χ4v) is 2.98. The predicted octanol–water partition coefficient (Wildman–Crippen LogP) is 1.42. The molecule has 1 saturated carbocycles. The first-order chi connectivity index (χ1) is 7.97. The van der Waals surface area contributed by atoms with Crippen LogP contribution < -0.4 is 5.14 Å². The van der Waals surface area contributed by atoms with E-state index in [0.717, 1.165) is 12.4 Å². The van der Waals surface area contributed by atoms with Crippen LogP contribution in [0.3, 0.4) is 0 Å². The van der Waals surface area contributed by atoms with Gasteiger partial charge in [0.2, 0.25) is 0 Å². The maximum absolute atomic E-state index is 11.2.